The normalized spacial score (nSPS) is 11.5. The number of hydrogen-bond donors (Lipinski definition) is 1. The molecule has 0 aliphatic rings. The number of ether oxygens (including phenoxy) is 1. The van der Waals surface area contributed by atoms with Crippen molar-refractivity contribution in [1.29, 1.82) is 0 Å². The smallest absolute Gasteiger partial charge is 0.334 e. The minimum absolute atomic E-state index is 0.288. The maximum atomic E-state index is 11.0. The van der Waals surface area contributed by atoms with Crippen LogP contribution in [0, 0.1) is 0 Å². The lowest BCUT2D eigenvalue weighted by atomic mass is 10.1. The third-order valence-corrected chi connectivity index (χ3v) is 2.85. The summed E-state index contributed by atoms with van der Waals surface area (Å²) >= 11 is 0. The van der Waals surface area contributed by atoms with Crippen LogP contribution < -0.4 is 4.74 Å². The van der Waals surface area contributed by atoms with Gasteiger partial charge in [-0.1, -0.05) is 43.7 Å². The van der Waals surface area contributed by atoms with Gasteiger partial charge in [-0.25, -0.2) is 4.79 Å². The van der Waals surface area contributed by atoms with E-state index >= 15 is 0 Å². The van der Waals surface area contributed by atoms with Crippen LogP contribution in [0.2, 0.25) is 0 Å². The molecule has 3 nitrogen and oxygen atoms in total. The number of carboxylic acid groups (broad SMARTS) is 1. The second-order valence-corrected chi connectivity index (χ2v) is 4.33. The first-order chi connectivity index (χ1) is 9.20. The molecule has 0 saturated carbocycles. The second-order valence-electron chi connectivity index (χ2n) is 4.33. The monoisotopic (exact) mass is 256 g/mol. The number of fused-ring (bicyclic) bond motifs is 1. The van der Waals surface area contributed by atoms with Crippen molar-refractivity contribution in [2.24, 2.45) is 0 Å². The molecule has 1 N–H and O–H groups in total. The van der Waals surface area contributed by atoms with Gasteiger partial charge in [0, 0.05) is 0 Å². The summed E-state index contributed by atoms with van der Waals surface area (Å²) in [6.07, 6.45) is 2.61. The highest BCUT2D eigenvalue weighted by molar-refractivity contribution is 5.86. The molecule has 0 spiro atoms. The summed E-state index contributed by atoms with van der Waals surface area (Å²) in [5, 5.41) is 11.2. The Hall–Kier alpha value is -2.29. The van der Waals surface area contributed by atoms with Crippen molar-refractivity contribution in [3.05, 3.63) is 54.3 Å². The molecule has 0 atom stereocenters. The number of rotatable bonds is 5. The number of carbonyl (C=O) groups is 1. The first kappa shape index (κ1) is 13.1. The van der Waals surface area contributed by atoms with E-state index in [1.54, 1.807) is 0 Å². The summed E-state index contributed by atoms with van der Waals surface area (Å²) in [7, 11) is 0. The van der Waals surface area contributed by atoms with Crippen molar-refractivity contribution >= 4 is 16.7 Å². The minimum atomic E-state index is -0.928. The van der Waals surface area contributed by atoms with Crippen LogP contribution in [0.1, 0.15) is 19.8 Å². The molecule has 98 valence electrons. The molecular formula is C16H16O3. The summed E-state index contributed by atoms with van der Waals surface area (Å²) < 4.78 is 5.45. The van der Waals surface area contributed by atoms with Gasteiger partial charge in [-0.05, 0) is 29.3 Å². The van der Waals surface area contributed by atoms with Crippen LogP contribution in [0.5, 0.6) is 5.75 Å². The fraction of sp³-hybridized carbons (Fsp3) is 0.188. The zero-order valence-corrected chi connectivity index (χ0v) is 10.8. The highest BCUT2D eigenvalue weighted by atomic mass is 16.5. The molecule has 2 rings (SSSR count). The van der Waals surface area contributed by atoms with Crippen LogP contribution in [0.15, 0.2) is 54.3 Å². The number of benzene rings is 2. The largest absolute Gasteiger partial charge is 0.478 e. The third-order valence-electron chi connectivity index (χ3n) is 2.85. The van der Waals surface area contributed by atoms with E-state index in [0.717, 1.165) is 17.2 Å². The van der Waals surface area contributed by atoms with Gasteiger partial charge >= 0.3 is 5.97 Å². The van der Waals surface area contributed by atoms with Gasteiger partial charge in [0.25, 0.3) is 0 Å². The molecule has 2 aromatic carbocycles. The van der Waals surface area contributed by atoms with Gasteiger partial charge in [-0.3, -0.25) is 0 Å². The molecule has 0 radical (unpaired) electrons. The summed E-state index contributed by atoms with van der Waals surface area (Å²) in [6.45, 7) is 1.94. The quantitative estimate of drug-likeness (QED) is 0.650. The minimum Gasteiger partial charge on any atom is -0.478 e. The predicted molar refractivity (Wildman–Crippen MR) is 75.2 cm³/mol. The molecule has 0 aliphatic heterocycles. The molecule has 0 saturated heterocycles. The van der Waals surface area contributed by atoms with Crippen LogP contribution in [0.25, 0.3) is 10.8 Å². The molecular weight excluding hydrogens is 240 g/mol. The van der Waals surface area contributed by atoms with Crippen LogP contribution in [0.4, 0.5) is 0 Å². The Labute approximate surface area is 112 Å². The molecule has 0 fully saturated rings. The molecule has 0 aromatic heterocycles. The van der Waals surface area contributed by atoms with Crippen LogP contribution in [-0.2, 0) is 4.79 Å². The van der Waals surface area contributed by atoms with Crippen LogP contribution in [0.3, 0.4) is 0 Å². The van der Waals surface area contributed by atoms with E-state index < -0.39 is 5.97 Å². The standard InChI is InChI=1S/C16H16O3/c1-2-5-14(16(17)18)11-19-15-9-8-12-6-3-4-7-13(12)10-15/h3-4,6-11H,2,5H2,1H3,(H,17,18). The van der Waals surface area contributed by atoms with Gasteiger partial charge in [0.1, 0.15) is 12.0 Å². The maximum absolute atomic E-state index is 11.0. The third kappa shape index (κ3) is 3.35. The molecule has 19 heavy (non-hydrogen) atoms. The zero-order valence-electron chi connectivity index (χ0n) is 10.8. The predicted octanol–water partition coefficient (Wildman–Crippen LogP) is 3.99. The van der Waals surface area contributed by atoms with Gasteiger partial charge in [-0.15, -0.1) is 0 Å². The molecule has 0 aliphatic carbocycles. The summed E-state index contributed by atoms with van der Waals surface area (Å²) in [5.74, 6) is -0.281. The van der Waals surface area contributed by atoms with Crippen LogP contribution >= 0.6 is 0 Å². The average molecular weight is 256 g/mol. The van der Waals surface area contributed by atoms with E-state index in [9.17, 15) is 4.79 Å². The molecule has 3 heteroatoms. The van der Waals surface area contributed by atoms with E-state index in [0.29, 0.717) is 12.2 Å². The highest BCUT2D eigenvalue weighted by Crippen LogP contribution is 2.21. The van der Waals surface area contributed by atoms with Gasteiger partial charge < -0.3 is 9.84 Å². The van der Waals surface area contributed by atoms with Crippen molar-refractivity contribution in [3.63, 3.8) is 0 Å². The Morgan fingerprint density at radius 1 is 1.21 bits per heavy atom. The number of aliphatic carboxylic acids is 1. The second kappa shape index (κ2) is 6.05. The highest BCUT2D eigenvalue weighted by Gasteiger charge is 2.06. The van der Waals surface area contributed by atoms with Crippen LogP contribution in [-0.4, -0.2) is 11.1 Å². The lowest BCUT2D eigenvalue weighted by molar-refractivity contribution is -0.132. The Morgan fingerprint density at radius 3 is 2.63 bits per heavy atom. The van der Waals surface area contributed by atoms with E-state index in [-0.39, 0.29) is 5.57 Å². The Balaban J connectivity index is 2.21. The Morgan fingerprint density at radius 2 is 1.95 bits per heavy atom. The van der Waals surface area contributed by atoms with Gasteiger partial charge in [-0.2, -0.15) is 0 Å². The van der Waals surface area contributed by atoms with Gasteiger partial charge in [0.2, 0.25) is 0 Å². The van der Waals surface area contributed by atoms with Crippen molar-refractivity contribution in [1.82, 2.24) is 0 Å². The summed E-state index contributed by atoms with van der Waals surface area (Å²) in [4.78, 5) is 11.0. The summed E-state index contributed by atoms with van der Waals surface area (Å²) in [5.41, 5.74) is 0.288. The topological polar surface area (TPSA) is 46.5 Å². The molecule has 0 bridgehead atoms. The molecule has 0 unspecified atom stereocenters. The number of carboxylic acids is 1. The van der Waals surface area contributed by atoms with Gasteiger partial charge in [0.05, 0.1) is 5.57 Å². The fourth-order valence-corrected chi connectivity index (χ4v) is 1.87. The fourth-order valence-electron chi connectivity index (χ4n) is 1.87. The SMILES string of the molecule is CCCC(=COc1ccc2ccccc2c1)C(=O)O. The van der Waals surface area contributed by atoms with E-state index in [2.05, 4.69) is 0 Å². The Bertz CT molecular complexity index is 614. The zero-order chi connectivity index (χ0) is 13.7. The van der Waals surface area contributed by atoms with E-state index in [1.165, 1.54) is 6.26 Å². The van der Waals surface area contributed by atoms with E-state index in [1.807, 2.05) is 49.4 Å². The number of hydrogen-bond acceptors (Lipinski definition) is 2. The van der Waals surface area contributed by atoms with E-state index in [4.69, 9.17) is 9.84 Å². The van der Waals surface area contributed by atoms with Crippen molar-refractivity contribution in [3.8, 4) is 5.75 Å². The first-order valence-electron chi connectivity index (χ1n) is 6.28. The lowest BCUT2D eigenvalue weighted by Crippen LogP contribution is -2.02. The first-order valence-corrected chi connectivity index (χ1v) is 6.28. The van der Waals surface area contributed by atoms with Gasteiger partial charge in [0.15, 0.2) is 0 Å². The molecule has 0 amide bonds. The van der Waals surface area contributed by atoms with Crippen molar-refractivity contribution in [2.75, 3.05) is 0 Å². The average Bonchev–Trinajstić information content (AvgIpc) is 2.43. The lowest BCUT2D eigenvalue weighted by Gasteiger charge is -2.04. The Kier molecular flexibility index (Phi) is 4.18. The van der Waals surface area contributed by atoms with Crippen molar-refractivity contribution in [2.45, 2.75) is 19.8 Å². The molecule has 2 aromatic rings. The maximum Gasteiger partial charge on any atom is 0.334 e. The summed E-state index contributed by atoms with van der Waals surface area (Å²) in [6, 6.07) is 13.7. The van der Waals surface area contributed by atoms with Crippen molar-refractivity contribution < 1.29 is 14.6 Å². The molecule has 0 heterocycles.